The number of nitrogens with one attached hydrogen (secondary N) is 1. The van der Waals surface area contributed by atoms with Crippen molar-refractivity contribution >= 4 is 11.8 Å². The number of hydrogen-bond donors (Lipinski definition) is 1. The van der Waals surface area contributed by atoms with Gasteiger partial charge in [-0.05, 0) is 45.5 Å². The number of amides is 2. The molecule has 0 fully saturated rings. The lowest BCUT2D eigenvalue weighted by atomic mass is 10.1. The second-order valence-electron chi connectivity index (χ2n) is 7.07. The van der Waals surface area contributed by atoms with Gasteiger partial charge in [0.2, 0.25) is 11.8 Å². The number of benzene rings is 1. The van der Waals surface area contributed by atoms with E-state index in [0.717, 1.165) is 11.3 Å². The Morgan fingerprint density at radius 2 is 1.67 bits per heavy atom. The topological polar surface area (TPSA) is 61.9 Å². The molecule has 0 aromatic heterocycles. The molecule has 0 radical (unpaired) electrons. The van der Waals surface area contributed by atoms with Gasteiger partial charge < -0.3 is 15.0 Å². The van der Waals surface area contributed by atoms with E-state index in [-0.39, 0.29) is 30.4 Å². The lowest BCUT2D eigenvalue weighted by molar-refractivity contribution is -0.136. The molecule has 0 spiro atoms. The van der Waals surface area contributed by atoms with Gasteiger partial charge in [0.05, 0.1) is 20.2 Å². The number of likely N-dealkylation sites (N-methyl/N-ethyl adjacent to an activating group) is 2. The molecule has 24 heavy (non-hydrogen) atoms. The summed E-state index contributed by atoms with van der Waals surface area (Å²) in [6, 6.07) is 7.74. The molecule has 0 atom stereocenters. The predicted octanol–water partition coefficient (Wildman–Crippen LogP) is 1.50. The first-order chi connectivity index (χ1) is 11.1. The molecule has 134 valence electrons. The summed E-state index contributed by atoms with van der Waals surface area (Å²) in [7, 11) is 5.16. The van der Waals surface area contributed by atoms with Gasteiger partial charge in [-0.25, -0.2) is 0 Å². The van der Waals surface area contributed by atoms with Crippen molar-refractivity contribution in [1.29, 1.82) is 0 Å². The minimum Gasteiger partial charge on any atom is -0.497 e. The van der Waals surface area contributed by atoms with Gasteiger partial charge >= 0.3 is 0 Å². The largest absolute Gasteiger partial charge is 0.497 e. The molecule has 1 N–H and O–H groups in total. The molecule has 1 aromatic rings. The van der Waals surface area contributed by atoms with Crippen LogP contribution >= 0.6 is 0 Å². The lowest BCUT2D eigenvalue weighted by Crippen LogP contribution is -2.47. The highest BCUT2D eigenvalue weighted by molar-refractivity contribution is 5.85. The standard InChI is InChI=1S/C18H29N3O3/c1-18(2,3)19-16(22)12-21(5)17(23)13-20(4)11-14-7-9-15(24-6)10-8-14/h7-10H,11-13H2,1-6H3,(H,19,22). The van der Waals surface area contributed by atoms with Crippen LogP contribution in [0, 0.1) is 0 Å². The highest BCUT2D eigenvalue weighted by Gasteiger charge is 2.18. The molecule has 0 bridgehead atoms. The van der Waals surface area contributed by atoms with Gasteiger partial charge in [0, 0.05) is 19.1 Å². The normalized spacial score (nSPS) is 11.3. The zero-order chi connectivity index (χ0) is 18.3. The first-order valence-electron chi connectivity index (χ1n) is 7.97. The Morgan fingerprint density at radius 3 is 2.17 bits per heavy atom. The van der Waals surface area contributed by atoms with Gasteiger partial charge in [-0.1, -0.05) is 12.1 Å². The van der Waals surface area contributed by atoms with E-state index in [2.05, 4.69) is 5.32 Å². The molecule has 0 saturated heterocycles. The van der Waals surface area contributed by atoms with Crippen LogP contribution in [0.3, 0.4) is 0 Å². The fourth-order valence-electron chi connectivity index (χ4n) is 2.21. The van der Waals surface area contributed by atoms with Crippen LogP contribution in [0.5, 0.6) is 5.75 Å². The summed E-state index contributed by atoms with van der Waals surface area (Å²) in [5, 5.41) is 2.85. The highest BCUT2D eigenvalue weighted by atomic mass is 16.5. The summed E-state index contributed by atoms with van der Waals surface area (Å²) in [5.74, 6) is 0.563. The van der Waals surface area contributed by atoms with Gasteiger partial charge in [-0.2, -0.15) is 0 Å². The quantitative estimate of drug-likeness (QED) is 0.820. The number of hydrogen-bond acceptors (Lipinski definition) is 4. The third kappa shape index (κ3) is 7.46. The molecule has 2 amide bonds. The first kappa shape index (κ1) is 20.0. The van der Waals surface area contributed by atoms with E-state index in [1.807, 2.05) is 57.0 Å². The van der Waals surface area contributed by atoms with Gasteiger partial charge in [0.25, 0.3) is 0 Å². The maximum atomic E-state index is 12.2. The summed E-state index contributed by atoms with van der Waals surface area (Å²) in [4.78, 5) is 27.5. The molecular formula is C18H29N3O3. The Hall–Kier alpha value is -2.08. The van der Waals surface area contributed by atoms with Crippen molar-refractivity contribution in [2.45, 2.75) is 32.9 Å². The van der Waals surface area contributed by atoms with Gasteiger partial charge in [0.15, 0.2) is 0 Å². The van der Waals surface area contributed by atoms with Crippen LogP contribution < -0.4 is 10.1 Å². The van der Waals surface area contributed by atoms with Crippen LogP contribution in [0.2, 0.25) is 0 Å². The Bertz CT molecular complexity index is 550. The van der Waals surface area contributed by atoms with E-state index >= 15 is 0 Å². The second-order valence-corrected chi connectivity index (χ2v) is 7.07. The van der Waals surface area contributed by atoms with Crippen molar-refractivity contribution in [3.63, 3.8) is 0 Å². The van der Waals surface area contributed by atoms with Crippen molar-refractivity contribution in [2.75, 3.05) is 34.3 Å². The Kier molecular flexibility index (Phi) is 7.22. The smallest absolute Gasteiger partial charge is 0.240 e. The molecule has 1 aromatic carbocycles. The summed E-state index contributed by atoms with van der Waals surface area (Å²) in [5.41, 5.74) is 0.797. The number of ether oxygens (including phenoxy) is 1. The van der Waals surface area contributed by atoms with Crippen LogP contribution in [0.15, 0.2) is 24.3 Å². The monoisotopic (exact) mass is 335 g/mol. The molecular weight excluding hydrogens is 306 g/mol. The van der Waals surface area contributed by atoms with Gasteiger partial charge in [0.1, 0.15) is 5.75 Å². The van der Waals surface area contributed by atoms with Crippen LogP contribution in [0.4, 0.5) is 0 Å². The van der Waals surface area contributed by atoms with E-state index in [9.17, 15) is 9.59 Å². The van der Waals surface area contributed by atoms with Crippen molar-refractivity contribution in [3.05, 3.63) is 29.8 Å². The number of carbonyl (C=O) groups excluding carboxylic acids is 2. The number of nitrogens with zero attached hydrogens (tertiary/aromatic N) is 2. The molecule has 6 nitrogen and oxygen atoms in total. The van der Waals surface area contributed by atoms with Gasteiger partial charge in [-0.15, -0.1) is 0 Å². The average molecular weight is 335 g/mol. The van der Waals surface area contributed by atoms with E-state index in [1.54, 1.807) is 14.2 Å². The van der Waals surface area contributed by atoms with Crippen molar-refractivity contribution in [2.24, 2.45) is 0 Å². The zero-order valence-electron chi connectivity index (χ0n) is 15.5. The lowest BCUT2D eigenvalue weighted by Gasteiger charge is -2.25. The summed E-state index contributed by atoms with van der Waals surface area (Å²) < 4.78 is 5.13. The number of methoxy groups -OCH3 is 1. The fraction of sp³-hybridized carbons (Fsp3) is 0.556. The third-order valence-corrected chi connectivity index (χ3v) is 3.34. The SMILES string of the molecule is COc1ccc(CN(C)CC(=O)N(C)CC(=O)NC(C)(C)C)cc1. The Balaban J connectivity index is 2.45. The summed E-state index contributed by atoms with van der Waals surface area (Å²) in [6.07, 6.45) is 0. The molecule has 1 rings (SSSR count). The molecule has 0 aliphatic rings. The van der Waals surface area contributed by atoms with Crippen molar-refractivity contribution in [3.8, 4) is 5.75 Å². The van der Waals surface area contributed by atoms with E-state index in [4.69, 9.17) is 4.74 Å². The molecule has 6 heteroatoms. The van der Waals surface area contributed by atoms with E-state index in [0.29, 0.717) is 6.54 Å². The second kappa shape index (κ2) is 8.68. The van der Waals surface area contributed by atoms with Crippen molar-refractivity contribution < 1.29 is 14.3 Å². The Morgan fingerprint density at radius 1 is 1.08 bits per heavy atom. The molecule has 0 saturated carbocycles. The van der Waals surface area contributed by atoms with Crippen LogP contribution in [0.25, 0.3) is 0 Å². The molecule has 0 aliphatic carbocycles. The predicted molar refractivity (Wildman–Crippen MR) is 94.9 cm³/mol. The summed E-state index contributed by atoms with van der Waals surface area (Å²) >= 11 is 0. The van der Waals surface area contributed by atoms with Gasteiger partial charge in [-0.3, -0.25) is 14.5 Å². The van der Waals surface area contributed by atoms with Crippen LogP contribution in [0.1, 0.15) is 26.3 Å². The number of rotatable bonds is 7. The minimum absolute atomic E-state index is 0.0620. The fourth-order valence-corrected chi connectivity index (χ4v) is 2.21. The third-order valence-electron chi connectivity index (χ3n) is 3.34. The van der Waals surface area contributed by atoms with Crippen molar-refractivity contribution in [1.82, 2.24) is 15.1 Å². The average Bonchev–Trinajstić information content (AvgIpc) is 2.45. The molecule has 0 aliphatic heterocycles. The Labute approximate surface area is 144 Å². The van der Waals surface area contributed by atoms with Crippen LogP contribution in [-0.2, 0) is 16.1 Å². The first-order valence-corrected chi connectivity index (χ1v) is 7.97. The maximum absolute atomic E-state index is 12.2. The summed E-state index contributed by atoms with van der Waals surface area (Å²) in [6.45, 7) is 6.70. The zero-order valence-corrected chi connectivity index (χ0v) is 15.5. The maximum Gasteiger partial charge on any atom is 0.240 e. The van der Waals surface area contributed by atoms with E-state index < -0.39 is 0 Å². The molecule has 0 heterocycles. The highest BCUT2D eigenvalue weighted by Crippen LogP contribution is 2.12. The molecule has 0 unspecified atom stereocenters. The van der Waals surface area contributed by atoms with E-state index in [1.165, 1.54) is 4.90 Å². The minimum atomic E-state index is -0.299. The van der Waals surface area contributed by atoms with Crippen LogP contribution in [-0.4, -0.2) is 61.4 Å². The number of carbonyl (C=O) groups is 2.